The minimum absolute atomic E-state index is 0.195. The molecule has 0 saturated carbocycles. The van der Waals surface area contributed by atoms with Crippen LogP contribution in [0.2, 0.25) is 0 Å². The fourth-order valence-corrected chi connectivity index (χ4v) is 2.27. The second kappa shape index (κ2) is 4.76. The Morgan fingerprint density at radius 1 is 1.15 bits per heavy atom. The SMILES string of the molecule is Nc1n[nH]c(CCCN2C(=O)c3ccccc3C2=O)n1. The van der Waals surface area contributed by atoms with Crippen LogP contribution in [-0.4, -0.2) is 38.4 Å². The van der Waals surface area contributed by atoms with Gasteiger partial charge in [0.25, 0.3) is 11.8 Å². The summed E-state index contributed by atoms with van der Waals surface area (Å²) in [5.41, 5.74) is 6.35. The number of benzene rings is 1. The highest BCUT2D eigenvalue weighted by atomic mass is 16.2. The number of aromatic nitrogens is 3. The standard InChI is InChI=1S/C13H13N5O2/c14-13-15-10(16-17-13)6-3-7-18-11(19)8-4-1-2-5-9(8)12(18)20/h1-2,4-5H,3,6-7H2,(H3,14,15,16,17). The molecule has 2 aromatic rings. The third-order valence-corrected chi connectivity index (χ3v) is 3.22. The summed E-state index contributed by atoms with van der Waals surface area (Å²) in [7, 11) is 0. The minimum atomic E-state index is -0.234. The van der Waals surface area contributed by atoms with E-state index in [0.29, 0.717) is 36.3 Å². The van der Waals surface area contributed by atoms with Crippen molar-refractivity contribution in [2.45, 2.75) is 12.8 Å². The summed E-state index contributed by atoms with van der Waals surface area (Å²) < 4.78 is 0. The van der Waals surface area contributed by atoms with Crippen LogP contribution in [0.15, 0.2) is 24.3 Å². The number of nitrogens with zero attached hydrogens (tertiary/aromatic N) is 3. The van der Waals surface area contributed by atoms with E-state index in [1.165, 1.54) is 4.90 Å². The van der Waals surface area contributed by atoms with Crippen molar-refractivity contribution in [2.75, 3.05) is 12.3 Å². The Morgan fingerprint density at radius 3 is 2.35 bits per heavy atom. The molecule has 0 bridgehead atoms. The van der Waals surface area contributed by atoms with Crippen LogP contribution in [0.25, 0.3) is 0 Å². The van der Waals surface area contributed by atoms with E-state index >= 15 is 0 Å². The summed E-state index contributed by atoms with van der Waals surface area (Å²) in [5, 5.41) is 6.42. The summed E-state index contributed by atoms with van der Waals surface area (Å²) in [5.74, 6) is 0.380. The molecule has 102 valence electrons. The molecule has 0 radical (unpaired) electrons. The fourth-order valence-electron chi connectivity index (χ4n) is 2.27. The van der Waals surface area contributed by atoms with Crippen molar-refractivity contribution < 1.29 is 9.59 Å². The van der Waals surface area contributed by atoms with Crippen LogP contribution >= 0.6 is 0 Å². The van der Waals surface area contributed by atoms with Crippen LogP contribution in [0.5, 0.6) is 0 Å². The van der Waals surface area contributed by atoms with Gasteiger partial charge in [-0.1, -0.05) is 12.1 Å². The molecule has 1 aromatic carbocycles. The molecule has 2 heterocycles. The zero-order chi connectivity index (χ0) is 14.1. The molecule has 3 rings (SSSR count). The molecule has 0 aliphatic carbocycles. The molecule has 0 atom stereocenters. The molecule has 1 aliphatic heterocycles. The highest BCUT2D eigenvalue weighted by Crippen LogP contribution is 2.22. The molecule has 0 fully saturated rings. The predicted molar refractivity (Wildman–Crippen MR) is 70.9 cm³/mol. The lowest BCUT2D eigenvalue weighted by Gasteiger charge is -2.12. The second-order valence-electron chi connectivity index (χ2n) is 4.55. The third kappa shape index (κ3) is 2.03. The number of nitrogens with one attached hydrogen (secondary N) is 1. The lowest BCUT2D eigenvalue weighted by Crippen LogP contribution is -2.31. The molecule has 20 heavy (non-hydrogen) atoms. The van der Waals surface area contributed by atoms with Gasteiger partial charge in [0, 0.05) is 13.0 Å². The number of hydrogen-bond acceptors (Lipinski definition) is 5. The first kappa shape index (κ1) is 12.3. The van der Waals surface area contributed by atoms with Gasteiger partial charge in [0.1, 0.15) is 5.82 Å². The number of carbonyl (C=O) groups is 2. The van der Waals surface area contributed by atoms with Gasteiger partial charge in [0.05, 0.1) is 11.1 Å². The van der Waals surface area contributed by atoms with Gasteiger partial charge in [0.15, 0.2) is 0 Å². The number of imide groups is 1. The maximum atomic E-state index is 12.1. The molecule has 1 aliphatic rings. The van der Waals surface area contributed by atoms with Gasteiger partial charge in [-0.2, -0.15) is 4.98 Å². The van der Waals surface area contributed by atoms with E-state index in [1.807, 2.05) is 0 Å². The number of anilines is 1. The predicted octanol–water partition coefficient (Wildman–Crippen LogP) is 0.616. The number of nitrogens with two attached hydrogens (primary N) is 1. The Balaban J connectivity index is 1.65. The van der Waals surface area contributed by atoms with Crippen molar-refractivity contribution in [3.05, 3.63) is 41.2 Å². The average molecular weight is 271 g/mol. The molecule has 2 amide bonds. The number of hydrogen-bond donors (Lipinski definition) is 2. The van der Waals surface area contributed by atoms with E-state index in [0.717, 1.165) is 0 Å². The quantitative estimate of drug-likeness (QED) is 0.793. The van der Waals surface area contributed by atoms with Gasteiger partial charge in [-0.05, 0) is 18.6 Å². The molecular weight excluding hydrogens is 258 g/mol. The van der Waals surface area contributed by atoms with Crippen molar-refractivity contribution in [1.29, 1.82) is 0 Å². The van der Waals surface area contributed by atoms with E-state index < -0.39 is 0 Å². The number of rotatable bonds is 4. The first-order chi connectivity index (χ1) is 9.66. The van der Waals surface area contributed by atoms with Crippen molar-refractivity contribution >= 4 is 17.8 Å². The number of fused-ring (bicyclic) bond motifs is 1. The summed E-state index contributed by atoms with van der Waals surface area (Å²) in [6.45, 7) is 0.354. The number of carbonyl (C=O) groups excluding carboxylic acids is 2. The van der Waals surface area contributed by atoms with E-state index in [2.05, 4.69) is 15.2 Å². The molecule has 0 spiro atoms. The summed E-state index contributed by atoms with van der Waals surface area (Å²) >= 11 is 0. The lowest BCUT2D eigenvalue weighted by atomic mass is 10.1. The van der Waals surface area contributed by atoms with E-state index in [9.17, 15) is 9.59 Å². The monoisotopic (exact) mass is 271 g/mol. The van der Waals surface area contributed by atoms with Crippen LogP contribution in [0.3, 0.4) is 0 Å². The highest BCUT2D eigenvalue weighted by Gasteiger charge is 2.34. The first-order valence-electron chi connectivity index (χ1n) is 6.29. The number of H-pyrrole nitrogens is 1. The Morgan fingerprint density at radius 2 is 1.80 bits per heavy atom. The Bertz CT molecular complexity index is 644. The van der Waals surface area contributed by atoms with Gasteiger partial charge >= 0.3 is 0 Å². The van der Waals surface area contributed by atoms with Gasteiger partial charge in [-0.25, -0.2) is 0 Å². The lowest BCUT2D eigenvalue weighted by molar-refractivity contribution is 0.0652. The molecule has 7 nitrogen and oxygen atoms in total. The normalized spacial score (nSPS) is 13.9. The van der Waals surface area contributed by atoms with Crippen LogP contribution in [0.1, 0.15) is 33.0 Å². The summed E-state index contributed by atoms with van der Waals surface area (Å²) in [6.07, 6.45) is 1.19. The van der Waals surface area contributed by atoms with Gasteiger partial charge in [-0.15, -0.1) is 5.10 Å². The Kier molecular flexibility index (Phi) is 2.94. The molecule has 3 N–H and O–H groups in total. The van der Waals surface area contributed by atoms with Crippen LogP contribution in [0, 0.1) is 0 Å². The van der Waals surface area contributed by atoms with Gasteiger partial charge < -0.3 is 5.73 Å². The Labute approximate surface area is 114 Å². The minimum Gasteiger partial charge on any atom is -0.367 e. The molecule has 0 unspecified atom stereocenters. The fraction of sp³-hybridized carbons (Fsp3) is 0.231. The molecule has 1 aromatic heterocycles. The van der Waals surface area contributed by atoms with Gasteiger partial charge in [0.2, 0.25) is 5.95 Å². The van der Waals surface area contributed by atoms with Crippen molar-refractivity contribution in [3.8, 4) is 0 Å². The van der Waals surface area contributed by atoms with Crippen molar-refractivity contribution in [1.82, 2.24) is 20.1 Å². The first-order valence-corrected chi connectivity index (χ1v) is 6.29. The molecular formula is C13H13N5O2. The molecule has 0 saturated heterocycles. The van der Waals surface area contributed by atoms with Crippen LogP contribution in [0.4, 0.5) is 5.95 Å². The largest absolute Gasteiger partial charge is 0.367 e. The number of nitrogen functional groups attached to an aromatic ring is 1. The topological polar surface area (TPSA) is 105 Å². The third-order valence-electron chi connectivity index (χ3n) is 3.22. The zero-order valence-electron chi connectivity index (χ0n) is 10.7. The highest BCUT2D eigenvalue weighted by molar-refractivity contribution is 6.21. The van der Waals surface area contributed by atoms with Crippen LogP contribution < -0.4 is 5.73 Å². The summed E-state index contributed by atoms with van der Waals surface area (Å²) in [6, 6.07) is 6.86. The van der Waals surface area contributed by atoms with E-state index in [1.54, 1.807) is 24.3 Å². The number of aromatic amines is 1. The van der Waals surface area contributed by atoms with Crippen molar-refractivity contribution in [2.24, 2.45) is 0 Å². The zero-order valence-corrected chi connectivity index (χ0v) is 10.7. The summed E-state index contributed by atoms with van der Waals surface area (Å²) in [4.78, 5) is 29.4. The average Bonchev–Trinajstić information content (AvgIpc) is 2.97. The Hall–Kier alpha value is -2.70. The van der Waals surface area contributed by atoms with E-state index in [4.69, 9.17) is 5.73 Å². The smallest absolute Gasteiger partial charge is 0.261 e. The van der Waals surface area contributed by atoms with Crippen LogP contribution in [-0.2, 0) is 6.42 Å². The molecule has 7 heteroatoms. The maximum Gasteiger partial charge on any atom is 0.261 e. The van der Waals surface area contributed by atoms with Crippen molar-refractivity contribution in [3.63, 3.8) is 0 Å². The van der Waals surface area contributed by atoms with E-state index in [-0.39, 0.29) is 17.8 Å². The van der Waals surface area contributed by atoms with Gasteiger partial charge in [-0.3, -0.25) is 19.6 Å². The maximum absolute atomic E-state index is 12.1. The number of aryl methyl sites for hydroxylation is 1. The second-order valence-corrected chi connectivity index (χ2v) is 4.55. The number of amides is 2.